The number of hydrogen-bond acceptors (Lipinski definition) is 2. The van der Waals surface area contributed by atoms with Crippen molar-refractivity contribution in [2.75, 3.05) is 5.73 Å². The van der Waals surface area contributed by atoms with Gasteiger partial charge in [-0.05, 0) is 24.6 Å². The first-order valence-electron chi connectivity index (χ1n) is 4.25. The number of carbonyl (C=O) groups is 1. The van der Waals surface area contributed by atoms with Gasteiger partial charge in [-0.1, -0.05) is 22.0 Å². The average Bonchev–Trinajstić information content (AvgIpc) is 2.16. The smallest absolute Gasteiger partial charge is 0.264 e. The number of ketones is 1. The summed E-state index contributed by atoms with van der Waals surface area (Å²) in [6.07, 6.45) is -2.64. The Morgan fingerprint density at radius 2 is 2.00 bits per heavy atom. The van der Waals surface area contributed by atoms with Crippen molar-refractivity contribution in [1.82, 2.24) is 0 Å². The lowest BCUT2D eigenvalue weighted by atomic mass is 10.0. The average molecular weight is 278 g/mol. The Hall–Kier alpha value is -0.970. The van der Waals surface area contributed by atoms with Crippen molar-refractivity contribution < 1.29 is 13.6 Å². The van der Waals surface area contributed by atoms with Crippen LogP contribution in [0.5, 0.6) is 0 Å². The number of nitrogens with two attached hydrogens (primary N) is 1. The van der Waals surface area contributed by atoms with Crippen LogP contribution in [0, 0.1) is 0 Å². The molecular formula is C10H10BrF2NO. The quantitative estimate of drug-likeness (QED) is 0.681. The van der Waals surface area contributed by atoms with E-state index in [4.69, 9.17) is 5.73 Å². The molecule has 1 aromatic carbocycles. The van der Waals surface area contributed by atoms with Gasteiger partial charge in [0.05, 0.1) is 4.83 Å². The molecule has 5 heteroatoms. The van der Waals surface area contributed by atoms with Crippen molar-refractivity contribution in [1.29, 1.82) is 0 Å². The van der Waals surface area contributed by atoms with Crippen molar-refractivity contribution in [3.05, 3.63) is 29.3 Å². The predicted octanol–water partition coefficient (Wildman–Crippen LogP) is 3.23. The fourth-order valence-corrected chi connectivity index (χ4v) is 1.65. The van der Waals surface area contributed by atoms with Gasteiger partial charge in [0.2, 0.25) is 0 Å². The van der Waals surface area contributed by atoms with Gasteiger partial charge in [0.1, 0.15) is 5.78 Å². The number of hydrogen-bond donors (Lipinski definition) is 1. The van der Waals surface area contributed by atoms with E-state index in [-0.39, 0.29) is 22.6 Å². The second kappa shape index (κ2) is 4.70. The zero-order chi connectivity index (χ0) is 11.6. The highest BCUT2D eigenvalue weighted by molar-refractivity contribution is 9.09. The van der Waals surface area contributed by atoms with Crippen molar-refractivity contribution in [3.8, 4) is 0 Å². The standard InChI is InChI=1S/C10H10BrF2NO/c1-5(15)9(11)7-3-2-6(14)4-8(7)10(12)13/h2-4,9-10H,14H2,1H3. The Kier molecular flexibility index (Phi) is 3.79. The molecule has 0 spiro atoms. The third-order valence-electron chi connectivity index (χ3n) is 1.98. The Bertz CT molecular complexity index is 382. The number of benzene rings is 1. The molecule has 0 bridgehead atoms. The van der Waals surface area contributed by atoms with E-state index in [1.807, 2.05) is 0 Å². The van der Waals surface area contributed by atoms with E-state index >= 15 is 0 Å². The van der Waals surface area contributed by atoms with Crippen LogP contribution < -0.4 is 5.73 Å². The van der Waals surface area contributed by atoms with Crippen LogP contribution in [0.4, 0.5) is 14.5 Å². The Morgan fingerprint density at radius 1 is 1.40 bits per heavy atom. The fraction of sp³-hybridized carbons (Fsp3) is 0.300. The lowest BCUT2D eigenvalue weighted by Gasteiger charge is -2.12. The molecule has 0 heterocycles. The summed E-state index contributed by atoms with van der Waals surface area (Å²) < 4.78 is 25.3. The van der Waals surface area contributed by atoms with Gasteiger partial charge in [-0.3, -0.25) is 4.79 Å². The topological polar surface area (TPSA) is 43.1 Å². The number of rotatable bonds is 3. The van der Waals surface area contributed by atoms with E-state index in [0.29, 0.717) is 0 Å². The predicted molar refractivity (Wildman–Crippen MR) is 58.2 cm³/mol. The summed E-state index contributed by atoms with van der Waals surface area (Å²) in [6, 6.07) is 4.13. The first kappa shape index (κ1) is 12.1. The van der Waals surface area contributed by atoms with Crippen LogP contribution in [-0.2, 0) is 4.79 Å². The Morgan fingerprint density at radius 3 is 2.47 bits per heavy atom. The summed E-state index contributed by atoms with van der Waals surface area (Å²) in [6.45, 7) is 1.34. The molecule has 1 unspecified atom stereocenters. The van der Waals surface area contributed by atoms with Gasteiger partial charge in [0.25, 0.3) is 6.43 Å². The third-order valence-corrected chi connectivity index (χ3v) is 3.11. The van der Waals surface area contributed by atoms with Gasteiger partial charge < -0.3 is 5.73 Å². The monoisotopic (exact) mass is 277 g/mol. The summed E-state index contributed by atoms with van der Waals surface area (Å²) in [7, 11) is 0. The number of anilines is 1. The van der Waals surface area contributed by atoms with E-state index in [1.54, 1.807) is 0 Å². The number of nitrogen functional groups attached to an aromatic ring is 1. The molecule has 82 valence electrons. The normalized spacial score (nSPS) is 12.9. The molecular weight excluding hydrogens is 268 g/mol. The minimum Gasteiger partial charge on any atom is -0.399 e. The molecule has 1 rings (SSSR count). The third kappa shape index (κ3) is 2.75. The molecule has 0 saturated heterocycles. The molecule has 0 amide bonds. The molecule has 0 aliphatic rings. The van der Waals surface area contributed by atoms with Gasteiger partial charge in [-0.25, -0.2) is 8.78 Å². The summed E-state index contributed by atoms with van der Waals surface area (Å²) >= 11 is 3.07. The van der Waals surface area contributed by atoms with Crippen molar-refractivity contribution >= 4 is 27.4 Å². The molecule has 1 atom stereocenters. The molecule has 0 fully saturated rings. The van der Waals surface area contributed by atoms with Crippen LogP contribution in [0.25, 0.3) is 0 Å². The minimum absolute atomic E-state index is 0.202. The Balaban J connectivity index is 3.22. The lowest BCUT2D eigenvalue weighted by molar-refractivity contribution is -0.116. The summed E-state index contributed by atoms with van der Waals surface area (Å²) in [4.78, 5) is 10.4. The Labute approximate surface area is 94.6 Å². The number of halogens is 3. The minimum atomic E-state index is -2.64. The van der Waals surface area contributed by atoms with Gasteiger partial charge >= 0.3 is 0 Å². The second-order valence-electron chi connectivity index (χ2n) is 3.16. The van der Waals surface area contributed by atoms with Gasteiger partial charge in [0, 0.05) is 11.3 Å². The molecule has 0 aromatic heterocycles. The molecule has 2 nitrogen and oxygen atoms in total. The summed E-state index contributed by atoms with van der Waals surface area (Å²) in [5, 5.41) is 0. The maximum atomic E-state index is 12.6. The van der Waals surface area contributed by atoms with Crippen LogP contribution in [-0.4, -0.2) is 5.78 Å². The zero-order valence-corrected chi connectivity index (χ0v) is 9.59. The van der Waals surface area contributed by atoms with E-state index in [9.17, 15) is 13.6 Å². The molecule has 15 heavy (non-hydrogen) atoms. The maximum Gasteiger partial charge on any atom is 0.264 e. The molecule has 0 aliphatic carbocycles. The van der Waals surface area contributed by atoms with Crippen molar-refractivity contribution in [2.24, 2.45) is 0 Å². The largest absolute Gasteiger partial charge is 0.399 e. The lowest BCUT2D eigenvalue weighted by Crippen LogP contribution is -2.05. The molecule has 0 aliphatic heterocycles. The second-order valence-corrected chi connectivity index (χ2v) is 4.08. The molecule has 1 aromatic rings. The highest BCUT2D eigenvalue weighted by Crippen LogP contribution is 2.33. The van der Waals surface area contributed by atoms with Crippen molar-refractivity contribution in [3.63, 3.8) is 0 Å². The van der Waals surface area contributed by atoms with Gasteiger partial charge in [-0.2, -0.15) is 0 Å². The molecule has 0 saturated carbocycles. The van der Waals surface area contributed by atoms with Gasteiger partial charge in [-0.15, -0.1) is 0 Å². The highest BCUT2D eigenvalue weighted by Gasteiger charge is 2.21. The van der Waals surface area contributed by atoms with Crippen LogP contribution in [0.15, 0.2) is 18.2 Å². The highest BCUT2D eigenvalue weighted by atomic mass is 79.9. The number of Topliss-reactive ketones (excluding diaryl/α,β-unsaturated/α-hetero) is 1. The first-order valence-corrected chi connectivity index (χ1v) is 5.17. The zero-order valence-electron chi connectivity index (χ0n) is 8.01. The summed E-state index contributed by atoms with van der Waals surface area (Å²) in [5.74, 6) is -0.221. The number of carbonyl (C=O) groups excluding carboxylic acids is 1. The van der Waals surface area contributed by atoms with E-state index in [2.05, 4.69) is 15.9 Å². The van der Waals surface area contributed by atoms with E-state index in [0.717, 1.165) is 0 Å². The fourth-order valence-electron chi connectivity index (χ4n) is 1.23. The first-order chi connectivity index (χ1) is 6.93. The summed E-state index contributed by atoms with van der Waals surface area (Å²) in [5.41, 5.74) is 5.74. The SMILES string of the molecule is CC(=O)C(Br)c1ccc(N)cc1C(F)F. The van der Waals surface area contributed by atoms with E-state index in [1.165, 1.54) is 25.1 Å². The number of alkyl halides is 3. The van der Waals surface area contributed by atoms with Gasteiger partial charge in [0.15, 0.2) is 0 Å². The van der Waals surface area contributed by atoms with Crippen LogP contribution in [0.1, 0.15) is 29.3 Å². The maximum absolute atomic E-state index is 12.6. The molecule has 2 N–H and O–H groups in total. The van der Waals surface area contributed by atoms with Crippen molar-refractivity contribution in [2.45, 2.75) is 18.2 Å². The van der Waals surface area contributed by atoms with Crippen LogP contribution in [0.2, 0.25) is 0 Å². The van der Waals surface area contributed by atoms with Crippen LogP contribution >= 0.6 is 15.9 Å². The van der Waals surface area contributed by atoms with Crippen LogP contribution in [0.3, 0.4) is 0 Å². The van der Waals surface area contributed by atoms with E-state index < -0.39 is 11.3 Å². The molecule has 0 radical (unpaired) electrons.